The summed E-state index contributed by atoms with van der Waals surface area (Å²) in [4.78, 5) is 20.4. The van der Waals surface area contributed by atoms with Gasteiger partial charge in [0.1, 0.15) is 0 Å². The van der Waals surface area contributed by atoms with E-state index in [9.17, 15) is 4.79 Å². The van der Waals surface area contributed by atoms with E-state index < -0.39 is 0 Å². The number of para-hydroxylation sites is 1. The van der Waals surface area contributed by atoms with Crippen molar-refractivity contribution in [2.75, 3.05) is 37.6 Å². The summed E-state index contributed by atoms with van der Waals surface area (Å²) in [5.41, 5.74) is 2.47. The van der Waals surface area contributed by atoms with Crippen molar-refractivity contribution in [2.24, 2.45) is 0 Å². The van der Waals surface area contributed by atoms with Crippen LogP contribution in [0.15, 0.2) is 24.3 Å². The number of hydrogen-bond acceptors (Lipinski definition) is 3. The highest BCUT2D eigenvalue weighted by atomic mass is 16.2. The van der Waals surface area contributed by atoms with Crippen molar-refractivity contribution in [2.45, 2.75) is 64.0 Å². The zero-order chi connectivity index (χ0) is 17.9. The lowest BCUT2D eigenvalue weighted by Crippen LogP contribution is -2.50. The Morgan fingerprint density at radius 3 is 2.69 bits per heavy atom. The van der Waals surface area contributed by atoms with Crippen LogP contribution in [0.2, 0.25) is 0 Å². The highest BCUT2D eigenvalue weighted by molar-refractivity contribution is 5.96. The number of aryl methyl sites for hydroxylation is 1. The SMILES string of the molecule is CC1CCc2ccccc2N1C(=O)CN1CCCC1CN1CCCCC1. The Hall–Kier alpha value is -1.39. The Kier molecular flexibility index (Phi) is 5.60. The van der Waals surface area contributed by atoms with E-state index in [2.05, 4.69) is 45.9 Å². The predicted octanol–water partition coefficient (Wildman–Crippen LogP) is 3.30. The summed E-state index contributed by atoms with van der Waals surface area (Å²) in [6.45, 7) is 7.50. The Balaban J connectivity index is 1.42. The number of anilines is 1. The summed E-state index contributed by atoms with van der Waals surface area (Å²) in [5.74, 6) is 0.287. The molecule has 3 aliphatic heterocycles. The topological polar surface area (TPSA) is 26.8 Å². The first-order valence-electron chi connectivity index (χ1n) is 10.6. The monoisotopic (exact) mass is 355 g/mol. The van der Waals surface area contributed by atoms with E-state index >= 15 is 0 Å². The van der Waals surface area contributed by atoms with E-state index in [1.54, 1.807) is 0 Å². The molecule has 26 heavy (non-hydrogen) atoms. The predicted molar refractivity (Wildman–Crippen MR) is 107 cm³/mol. The second-order valence-electron chi connectivity index (χ2n) is 8.41. The Bertz CT molecular complexity index is 626. The number of piperidine rings is 1. The smallest absolute Gasteiger partial charge is 0.241 e. The van der Waals surface area contributed by atoms with Crippen molar-refractivity contribution in [3.05, 3.63) is 29.8 Å². The largest absolute Gasteiger partial charge is 0.308 e. The summed E-state index contributed by atoms with van der Waals surface area (Å²) in [7, 11) is 0. The van der Waals surface area contributed by atoms with Gasteiger partial charge in [-0.15, -0.1) is 0 Å². The maximum atomic E-state index is 13.2. The minimum Gasteiger partial charge on any atom is -0.308 e. The molecule has 2 unspecified atom stereocenters. The minimum absolute atomic E-state index is 0.287. The number of carbonyl (C=O) groups excluding carboxylic acids is 1. The molecule has 1 aromatic carbocycles. The summed E-state index contributed by atoms with van der Waals surface area (Å²) < 4.78 is 0. The molecule has 0 saturated carbocycles. The highest BCUT2D eigenvalue weighted by Crippen LogP contribution is 2.31. The number of benzene rings is 1. The van der Waals surface area contributed by atoms with Gasteiger partial charge in [0.25, 0.3) is 0 Å². The van der Waals surface area contributed by atoms with Crippen LogP contribution in [0.3, 0.4) is 0 Å². The second kappa shape index (κ2) is 8.10. The van der Waals surface area contributed by atoms with Crippen molar-refractivity contribution < 1.29 is 4.79 Å². The van der Waals surface area contributed by atoms with E-state index in [4.69, 9.17) is 0 Å². The summed E-state index contributed by atoms with van der Waals surface area (Å²) in [6, 6.07) is 9.32. The van der Waals surface area contributed by atoms with Gasteiger partial charge in [-0.3, -0.25) is 9.69 Å². The van der Waals surface area contributed by atoms with Gasteiger partial charge in [-0.2, -0.15) is 0 Å². The maximum absolute atomic E-state index is 13.2. The third-order valence-electron chi connectivity index (χ3n) is 6.55. The molecule has 0 radical (unpaired) electrons. The van der Waals surface area contributed by atoms with Crippen molar-refractivity contribution in [1.29, 1.82) is 0 Å². The number of nitrogens with zero attached hydrogens (tertiary/aromatic N) is 3. The van der Waals surface area contributed by atoms with Gasteiger partial charge in [0.2, 0.25) is 5.91 Å². The summed E-state index contributed by atoms with van der Waals surface area (Å²) >= 11 is 0. The minimum atomic E-state index is 0.287. The molecule has 4 heteroatoms. The van der Waals surface area contributed by atoms with Crippen LogP contribution in [0.5, 0.6) is 0 Å². The fourth-order valence-electron chi connectivity index (χ4n) is 5.07. The molecule has 3 heterocycles. The third kappa shape index (κ3) is 3.81. The molecule has 142 valence electrons. The van der Waals surface area contributed by atoms with Crippen molar-refractivity contribution in [3.63, 3.8) is 0 Å². The molecule has 0 N–H and O–H groups in total. The van der Waals surface area contributed by atoms with Gasteiger partial charge in [-0.05, 0) is 76.7 Å². The second-order valence-corrected chi connectivity index (χ2v) is 8.41. The fraction of sp³-hybridized carbons (Fsp3) is 0.682. The molecule has 4 rings (SSSR count). The van der Waals surface area contributed by atoms with Crippen LogP contribution in [0.1, 0.15) is 51.0 Å². The number of rotatable bonds is 4. The first-order chi connectivity index (χ1) is 12.7. The molecule has 2 saturated heterocycles. The molecule has 0 aromatic heterocycles. The third-order valence-corrected chi connectivity index (χ3v) is 6.55. The van der Waals surface area contributed by atoms with Gasteiger partial charge in [-0.1, -0.05) is 24.6 Å². The number of carbonyl (C=O) groups is 1. The highest BCUT2D eigenvalue weighted by Gasteiger charge is 2.33. The zero-order valence-corrected chi connectivity index (χ0v) is 16.2. The average molecular weight is 356 g/mol. The van der Waals surface area contributed by atoms with Crippen LogP contribution in [-0.2, 0) is 11.2 Å². The van der Waals surface area contributed by atoms with E-state index in [1.165, 1.54) is 50.8 Å². The molecule has 0 bridgehead atoms. The van der Waals surface area contributed by atoms with Crippen LogP contribution < -0.4 is 4.90 Å². The van der Waals surface area contributed by atoms with Gasteiger partial charge in [0, 0.05) is 24.3 Å². The Morgan fingerprint density at radius 2 is 1.85 bits per heavy atom. The first-order valence-corrected chi connectivity index (χ1v) is 10.6. The van der Waals surface area contributed by atoms with Gasteiger partial charge in [-0.25, -0.2) is 0 Å². The van der Waals surface area contributed by atoms with Gasteiger partial charge < -0.3 is 9.80 Å². The first kappa shape index (κ1) is 18.0. The molecule has 2 fully saturated rings. The zero-order valence-electron chi connectivity index (χ0n) is 16.2. The summed E-state index contributed by atoms with van der Waals surface area (Å²) in [5, 5.41) is 0. The molecule has 2 atom stereocenters. The van der Waals surface area contributed by atoms with E-state index in [0.717, 1.165) is 31.6 Å². The van der Waals surface area contributed by atoms with E-state index in [0.29, 0.717) is 18.6 Å². The lowest BCUT2D eigenvalue weighted by atomic mass is 9.96. The number of likely N-dealkylation sites (tertiary alicyclic amines) is 2. The molecule has 0 aliphatic carbocycles. The van der Waals surface area contributed by atoms with Crippen molar-refractivity contribution in [1.82, 2.24) is 9.80 Å². The lowest BCUT2D eigenvalue weighted by Gasteiger charge is -2.37. The van der Waals surface area contributed by atoms with Crippen LogP contribution >= 0.6 is 0 Å². The van der Waals surface area contributed by atoms with E-state index in [-0.39, 0.29) is 5.91 Å². The molecular formula is C22H33N3O. The molecule has 3 aliphatic rings. The molecular weight excluding hydrogens is 322 g/mol. The van der Waals surface area contributed by atoms with Crippen LogP contribution in [0, 0.1) is 0 Å². The number of amides is 1. The number of hydrogen-bond donors (Lipinski definition) is 0. The lowest BCUT2D eigenvalue weighted by molar-refractivity contribution is -0.120. The normalized spacial score (nSPS) is 27.5. The van der Waals surface area contributed by atoms with E-state index in [1.807, 2.05) is 0 Å². The molecule has 1 aromatic rings. The average Bonchev–Trinajstić information content (AvgIpc) is 3.09. The van der Waals surface area contributed by atoms with Gasteiger partial charge in [0.05, 0.1) is 6.54 Å². The molecule has 0 spiro atoms. The fourth-order valence-corrected chi connectivity index (χ4v) is 5.07. The maximum Gasteiger partial charge on any atom is 0.241 e. The molecule has 4 nitrogen and oxygen atoms in total. The standard InChI is InChI=1S/C22H33N3O/c1-18-11-12-19-8-3-4-10-21(19)25(18)22(26)17-24-15-7-9-20(24)16-23-13-5-2-6-14-23/h3-4,8,10,18,20H,2,5-7,9,11-17H2,1H3. The Morgan fingerprint density at radius 1 is 1.04 bits per heavy atom. The van der Waals surface area contributed by atoms with Gasteiger partial charge in [0.15, 0.2) is 0 Å². The van der Waals surface area contributed by atoms with Gasteiger partial charge >= 0.3 is 0 Å². The quantitative estimate of drug-likeness (QED) is 0.829. The van der Waals surface area contributed by atoms with Crippen molar-refractivity contribution >= 4 is 11.6 Å². The summed E-state index contributed by atoms with van der Waals surface area (Å²) in [6.07, 6.45) is 8.70. The van der Waals surface area contributed by atoms with Crippen LogP contribution in [0.25, 0.3) is 0 Å². The van der Waals surface area contributed by atoms with Crippen molar-refractivity contribution in [3.8, 4) is 0 Å². The van der Waals surface area contributed by atoms with Crippen LogP contribution in [0.4, 0.5) is 5.69 Å². The number of fused-ring (bicyclic) bond motifs is 1. The molecule has 1 amide bonds. The van der Waals surface area contributed by atoms with Crippen LogP contribution in [-0.4, -0.2) is 60.5 Å². The Labute approximate surface area is 158 Å².